The van der Waals surface area contributed by atoms with Crippen LogP contribution in [0.15, 0.2) is 0 Å². The summed E-state index contributed by atoms with van der Waals surface area (Å²) in [6, 6.07) is -0.533. The minimum atomic E-state index is -0.533. The lowest BCUT2D eigenvalue weighted by Crippen LogP contribution is -2.50. The quantitative estimate of drug-likeness (QED) is 0.842. The van der Waals surface area contributed by atoms with Crippen molar-refractivity contribution in [2.75, 3.05) is 19.8 Å². The molecule has 1 aliphatic rings. The Bertz CT molecular complexity index is 340. The Morgan fingerprint density at radius 2 is 2.00 bits per heavy atom. The van der Waals surface area contributed by atoms with Crippen molar-refractivity contribution in [2.24, 2.45) is 17.3 Å². The molecule has 0 aromatic heterocycles. The molecule has 20 heavy (non-hydrogen) atoms. The van der Waals surface area contributed by atoms with Crippen molar-refractivity contribution in [3.8, 4) is 0 Å². The van der Waals surface area contributed by atoms with Crippen LogP contribution in [0.5, 0.6) is 0 Å². The third-order valence-electron chi connectivity index (χ3n) is 3.46. The second kappa shape index (κ2) is 7.07. The zero-order chi connectivity index (χ0) is 15.3. The Morgan fingerprint density at radius 1 is 1.35 bits per heavy atom. The van der Waals surface area contributed by atoms with Gasteiger partial charge in [0.1, 0.15) is 0 Å². The normalized spacial score (nSPS) is 20.8. The summed E-state index contributed by atoms with van der Waals surface area (Å²) in [5, 5.41) is 2.71. The summed E-state index contributed by atoms with van der Waals surface area (Å²) in [6.45, 7) is 11.2. The van der Waals surface area contributed by atoms with E-state index in [4.69, 9.17) is 9.47 Å². The number of carbonyl (C=O) groups is 2. The van der Waals surface area contributed by atoms with E-state index >= 15 is 0 Å². The zero-order valence-electron chi connectivity index (χ0n) is 13.2. The van der Waals surface area contributed by atoms with Gasteiger partial charge < -0.3 is 14.8 Å². The van der Waals surface area contributed by atoms with Crippen molar-refractivity contribution in [3.05, 3.63) is 0 Å². The van der Waals surface area contributed by atoms with Crippen LogP contribution in [0.1, 0.15) is 41.0 Å². The van der Waals surface area contributed by atoms with Gasteiger partial charge in [0.05, 0.1) is 19.3 Å². The molecule has 0 spiro atoms. The molecule has 1 aliphatic heterocycles. The topological polar surface area (TPSA) is 64.6 Å². The SMILES string of the molecule is CC(C)C(=O)C(NC(=O)OCC1CCOC1)C(C)(C)C. The van der Waals surface area contributed by atoms with Crippen molar-refractivity contribution in [1.82, 2.24) is 5.32 Å². The molecule has 1 saturated heterocycles. The van der Waals surface area contributed by atoms with Crippen molar-refractivity contribution >= 4 is 11.9 Å². The summed E-state index contributed by atoms with van der Waals surface area (Å²) in [6.07, 6.45) is 0.395. The number of hydrogen-bond acceptors (Lipinski definition) is 4. The molecule has 1 heterocycles. The number of ketones is 1. The number of amides is 1. The Hall–Kier alpha value is -1.10. The van der Waals surface area contributed by atoms with Crippen molar-refractivity contribution < 1.29 is 19.1 Å². The maximum Gasteiger partial charge on any atom is 0.407 e. The first-order valence-corrected chi connectivity index (χ1v) is 7.26. The number of nitrogens with one attached hydrogen (secondary N) is 1. The molecule has 0 saturated carbocycles. The van der Waals surface area contributed by atoms with Crippen LogP contribution in [0, 0.1) is 17.3 Å². The van der Waals surface area contributed by atoms with E-state index in [1.165, 1.54) is 0 Å². The van der Waals surface area contributed by atoms with Gasteiger partial charge in [0.2, 0.25) is 0 Å². The van der Waals surface area contributed by atoms with Crippen molar-refractivity contribution in [1.29, 1.82) is 0 Å². The van der Waals surface area contributed by atoms with E-state index in [1.807, 2.05) is 34.6 Å². The van der Waals surface area contributed by atoms with Crippen LogP contribution in [0.3, 0.4) is 0 Å². The van der Waals surface area contributed by atoms with E-state index in [0.717, 1.165) is 13.0 Å². The van der Waals surface area contributed by atoms with Gasteiger partial charge in [-0.3, -0.25) is 4.79 Å². The molecule has 2 atom stereocenters. The largest absolute Gasteiger partial charge is 0.449 e. The van der Waals surface area contributed by atoms with E-state index < -0.39 is 12.1 Å². The van der Waals surface area contributed by atoms with Gasteiger partial charge in [-0.25, -0.2) is 4.79 Å². The Kier molecular flexibility index (Phi) is 5.99. The molecule has 5 nitrogen and oxygen atoms in total. The highest BCUT2D eigenvalue weighted by molar-refractivity contribution is 5.89. The van der Waals surface area contributed by atoms with Gasteiger partial charge in [0, 0.05) is 18.4 Å². The molecule has 1 N–H and O–H groups in total. The minimum Gasteiger partial charge on any atom is -0.449 e. The molecule has 2 unspecified atom stereocenters. The zero-order valence-corrected chi connectivity index (χ0v) is 13.2. The lowest BCUT2D eigenvalue weighted by Gasteiger charge is -2.31. The summed E-state index contributed by atoms with van der Waals surface area (Å²) in [5.41, 5.74) is -0.336. The molecule has 116 valence electrons. The standard InChI is InChI=1S/C15H27NO4/c1-10(2)12(17)13(15(3,4)5)16-14(18)20-9-11-6-7-19-8-11/h10-11,13H,6-9H2,1-5H3,(H,16,18). The summed E-state index contributed by atoms with van der Waals surface area (Å²) in [4.78, 5) is 24.1. The molecule has 0 radical (unpaired) electrons. The fourth-order valence-corrected chi connectivity index (χ4v) is 2.12. The number of Topliss-reactive ketones (excluding diaryl/α,β-unsaturated/α-hetero) is 1. The van der Waals surface area contributed by atoms with E-state index in [2.05, 4.69) is 5.32 Å². The van der Waals surface area contributed by atoms with Crippen molar-refractivity contribution in [2.45, 2.75) is 47.1 Å². The lowest BCUT2D eigenvalue weighted by molar-refractivity contribution is -0.126. The molecule has 0 bridgehead atoms. The average molecular weight is 285 g/mol. The average Bonchev–Trinajstić information content (AvgIpc) is 2.84. The molecule has 1 amide bonds. The van der Waals surface area contributed by atoms with Crippen LogP contribution >= 0.6 is 0 Å². The van der Waals surface area contributed by atoms with Crippen LogP contribution < -0.4 is 5.32 Å². The third-order valence-corrected chi connectivity index (χ3v) is 3.46. The van der Waals surface area contributed by atoms with E-state index in [0.29, 0.717) is 13.2 Å². The highest BCUT2D eigenvalue weighted by Gasteiger charge is 2.34. The first kappa shape index (κ1) is 17.0. The van der Waals surface area contributed by atoms with Crippen molar-refractivity contribution in [3.63, 3.8) is 0 Å². The summed E-state index contributed by atoms with van der Waals surface area (Å²) in [7, 11) is 0. The van der Waals surface area contributed by atoms with Gasteiger partial charge in [-0.05, 0) is 11.8 Å². The summed E-state index contributed by atoms with van der Waals surface area (Å²) in [5.74, 6) is 0.177. The van der Waals surface area contributed by atoms with Gasteiger partial charge in [-0.2, -0.15) is 0 Å². The van der Waals surface area contributed by atoms with Crippen LogP contribution in [-0.2, 0) is 14.3 Å². The second-order valence-electron chi connectivity index (χ2n) is 6.83. The number of alkyl carbamates (subject to hydrolysis) is 1. The summed E-state index contributed by atoms with van der Waals surface area (Å²) >= 11 is 0. The van der Waals surface area contributed by atoms with Crippen LogP contribution in [0.4, 0.5) is 4.79 Å². The maximum absolute atomic E-state index is 12.2. The monoisotopic (exact) mass is 285 g/mol. The smallest absolute Gasteiger partial charge is 0.407 e. The molecule has 5 heteroatoms. The molecular formula is C15H27NO4. The summed E-state index contributed by atoms with van der Waals surface area (Å²) < 4.78 is 10.4. The number of ether oxygens (including phenoxy) is 2. The highest BCUT2D eigenvalue weighted by atomic mass is 16.6. The fourth-order valence-electron chi connectivity index (χ4n) is 2.12. The predicted octanol–water partition coefficient (Wildman–Crippen LogP) is 2.39. The Morgan fingerprint density at radius 3 is 2.45 bits per heavy atom. The number of rotatable bonds is 5. The third kappa shape index (κ3) is 5.12. The van der Waals surface area contributed by atoms with Crippen LogP contribution in [-0.4, -0.2) is 37.7 Å². The van der Waals surface area contributed by atoms with Gasteiger partial charge >= 0.3 is 6.09 Å². The number of carbonyl (C=O) groups excluding carboxylic acids is 2. The van der Waals surface area contributed by atoms with E-state index in [1.54, 1.807) is 0 Å². The van der Waals surface area contributed by atoms with E-state index in [9.17, 15) is 9.59 Å². The predicted molar refractivity (Wildman–Crippen MR) is 76.5 cm³/mol. The van der Waals surface area contributed by atoms with E-state index in [-0.39, 0.29) is 23.0 Å². The first-order valence-electron chi connectivity index (χ1n) is 7.26. The highest BCUT2D eigenvalue weighted by Crippen LogP contribution is 2.22. The van der Waals surface area contributed by atoms with Gasteiger partial charge in [-0.15, -0.1) is 0 Å². The maximum atomic E-state index is 12.2. The molecule has 1 fully saturated rings. The van der Waals surface area contributed by atoms with Gasteiger partial charge in [0.25, 0.3) is 0 Å². The molecule has 0 aromatic rings. The fraction of sp³-hybridized carbons (Fsp3) is 0.867. The minimum absolute atomic E-state index is 0.0265. The molecular weight excluding hydrogens is 258 g/mol. The Balaban J connectivity index is 2.51. The van der Waals surface area contributed by atoms with Crippen LogP contribution in [0.2, 0.25) is 0 Å². The Labute approximate surface area is 121 Å². The second-order valence-corrected chi connectivity index (χ2v) is 6.83. The van der Waals surface area contributed by atoms with Gasteiger partial charge in [0.15, 0.2) is 5.78 Å². The van der Waals surface area contributed by atoms with Crippen LogP contribution in [0.25, 0.3) is 0 Å². The lowest BCUT2D eigenvalue weighted by atomic mass is 9.81. The number of hydrogen-bond donors (Lipinski definition) is 1. The molecule has 1 rings (SSSR count). The first-order chi connectivity index (χ1) is 9.21. The molecule has 0 aromatic carbocycles. The molecule has 0 aliphatic carbocycles. The van der Waals surface area contributed by atoms with Gasteiger partial charge in [-0.1, -0.05) is 34.6 Å².